The van der Waals surface area contributed by atoms with Gasteiger partial charge in [0, 0.05) is 0 Å². The number of amides is 1. The molecule has 0 radical (unpaired) electrons. The fraction of sp³-hybridized carbons (Fsp3) is 0. The van der Waals surface area contributed by atoms with E-state index in [0.29, 0.717) is 5.69 Å². The lowest BCUT2D eigenvalue weighted by Crippen LogP contribution is -2.14. The Morgan fingerprint density at radius 2 is 1.94 bits per heavy atom. The van der Waals surface area contributed by atoms with Gasteiger partial charge in [-0.05, 0) is 24.3 Å². The van der Waals surface area contributed by atoms with Gasteiger partial charge in [-0.2, -0.15) is 8.78 Å². The first-order valence-electron chi connectivity index (χ1n) is 4.70. The highest BCUT2D eigenvalue weighted by Gasteiger charge is 2.08. The molecule has 17 heavy (non-hydrogen) atoms. The SMILES string of the molecule is O=C(Nc1ccc(F)nc1)c1cccc(F)n1. The Bertz CT molecular complexity index is 543. The van der Waals surface area contributed by atoms with Gasteiger partial charge < -0.3 is 5.32 Å². The van der Waals surface area contributed by atoms with E-state index in [1.807, 2.05) is 0 Å². The Hall–Kier alpha value is -2.37. The average molecular weight is 235 g/mol. The zero-order chi connectivity index (χ0) is 12.3. The Kier molecular flexibility index (Phi) is 3.04. The molecule has 0 saturated heterocycles. The van der Waals surface area contributed by atoms with Crippen LogP contribution in [0.4, 0.5) is 14.5 Å². The van der Waals surface area contributed by atoms with Crippen molar-refractivity contribution in [3.05, 3.63) is 54.1 Å². The number of rotatable bonds is 2. The largest absolute Gasteiger partial charge is 0.319 e. The highest BCUT2D eigenvalue weighted by atomic mass is 19.1. The van der Waals surface area contributed by atoms with Crippen molar-refractivity contribution in [2.24, 2.45) is 0 Å². The van der Waals surface area contributed by atoms with E-state index in [9.17, 15) is 13.6 Å². The minimum atomic E-state index is -0.741. The topological polar surface area (TPSA) is 54.9 Å². The molecule has 2 rings (SSSR count). The molecular formula is C11H7F2N3O. The molecule has 0 saturated carbocycles. The minimum Gasteiger partial charge on any atom is -0.319 e. The van der Waals surface area contributed by atoms with Crippen molar-refractivity contribution in [2.45, 2.75) is 0 Å². The number of carbonyl (C=O) groups excluding carboxylic acids is 1. The highest BCUT2D eigenvalue weighted by molar-refractivity contribution is 6.02. The van der Waals surface area contributed by atoms with Crippen LogP contribution in [0.25, 0.3) is 0 Å². The van der Waals surface area contributed by atoms with Gasteiger partial charge in [0.05, 0.1) is 11.9 Å². The number of pyridine rings is 2. The summed E-state index contributed by atoms with van der Waals surface area (Å²) in [5.41, 5.74) is 0.247. The smallest absolute Gasteiger partial charge is 0.274 e. The van der Waals surface area contributed by atoms with E-state index in [-0.39, 0.29) is 5.69 Å². The van der Waals surface area contributed by atoms with Gasteiger partial charge in [0.2, 0.25) is 11.9 Å². The molecule has 1 amide bonds. The summed E-state index contributed by atoms with van der Waals surface area (Å²) in [7, 11) is 0. The molecule has 0 aromatic carbocycles. The Morgan fingerprint density at radius 1 is 1.12 bits per heavy atom. The predicted octanol–water partition coefficient (Wildman–Crippen LogP) is 2.01. The van der Waals surface area contributed by atoms with Crippen LogP contribution >= 0.6 is 0 Å². The van der Waals surface area contributed by atoms with Crippen LogP contribution in [0.1, 0.15) is 10.5 Å². The third-order valence-electron chi connectivity index (χ3n) is 1.93. The summed E-state index contributed by atoms with van der Waals surface area (Å²) in [6.45, 7) is 0. The molecule has 1 N–H and O–H groups in total. The normalized spacial score (nSPS) is 10.0. The monoisotopic (exact) mass is 235 g/mol. The summed E-state index contributed by atoms with van der Waals surface area (Å²) < 4.78 is 25.3. The van der Waals surface area contributed by atoms with Crippen LogP contribution in [0.15, 0.2) is 36.5 Å². The lowest BCUT2D eigenvalue weighted by atomic mass is 10.3. The van der Waals surface area contributed by atoms with Crippen LogP contribution in [0, 0.1) is 11.9 Å². The molecule has 0 aliphatic carbocycles. The maximum absolute atomic E-state index is 12.8. The van der Waals surface area contributed by atoms with E-state index in [1.165, 1.54) is 18.2 Å². The van der Waals surface area contributed by atoms with E-state index < -0.39 is 17.8 Å². The van der Waals surface area contributed by atoms with Crippen molar-refractivity contribution < 1.29 is 13.6 Å². The summed E-state index contributed by atoms with van der Waals surface area (Å²) in [5, 5.41) is 2.42. The van der Waals surface area contributed by atoms with Gasteiger partial charge in [-0.25, -0.2) is 9.97 Å². The van der Waals surface area contributed by atoms with Crippen molar-refractivity contribution in [3.63, 3.8) is 0 Å². The standard InChI is InChI=1S/C11H7F2N3O/c12-9-5-4-7(6-14-9)15-11(17)8-2-1-3-10(13)16-8/h1-6H,(H,15,17). The first-order valence-corrected chi connectivity index (χ1v) is 4.70. The summed E-state index contributed by atoms with van der Waals surface area (Å²) in [6, 6.07) is 6.33. The summed E-state index contributed by atoms with van der Waals surface area (Å²) in [4.78, 5) is 18.4. The lowest BCUT2D eigenvalue weighted by molar-refractivity contribution is 0.102. The first-order chi connectivity index (χ1) is 8.15. The highest BCUT2D eigenvalue weighted by Crippen LogP contribution is 2.07. The van der Waals surface area contributed by atoms with Crippen LogP contribution in [0.3, 0.4) is 0 Å². The van der Waals surface area contributed by atoms with Gasteiger partial charge in [-0.3, -0.25) is 4.79 Å². The Morgan fingerprint density at radius 3 is 2.59 bits per heavy atom. The molecule has 0 bridgehead atoms. The Labute approximate surface area is 95.3 Å². The van der Waals surface area contributed by atoms with Gasteiger partial charge in [0.25, 0.3) is 5.91 Å². The molecule has 86 valence electrons. The van der Waals surface area contributed by atoms with Crippen molar-refractivity contribution in [1.29, 1.82) is 0 Å². The summed E-state index contributed by atoms with van der Waals surface area (Å²) in [6.07, 6.45) is 1.16. The van der Waals surface area contributed by atoms with E-state index >= 15 is 0 Å². The van der Waals surface area contributed by atoms with E-state index in [1.54, 1.807) is 0 Å². The predicted molar refractivity (Wildman–Crippen MR) is 56.3 cm³/mol. The first kappa shape index (κ1) is 11.1. The number of nitrogens with zero attached hydrogens (tertiary/aromatic N) is 2. The fourth-order valence-corrected chi connectivity index (χ4v) is 1.18. The average Bonchev–Trinajstić information content (AvgIpc) is 2.32. The third-order valence-corrected chi connectivity index (χ3v) is 1.93. The quantitative estimate of drug-likeness (QED) is 0.810. The van der Waals surface area contributed by atoms with Crippen LogP contribution in [0.5, 0.6) is 0 Å². The van der Waals surface area contributed by atoms with Crippen LogP contribution < -0.4 is 5.32 Å². The number of halogens is 2. The lowest BCUT2D eigenvalue weighted by Gasteiger charge is -2.03. The second kappa shape index (κ2) is 4.65. The van der Waals surface area contributed by atoms with Crippen molar-refractivity contribution in [3.8, 4) is 0 Å². The maximum Gasteiger partial charge on any atom is 0.274 e. The zero-order valence-corrected chi connectivity index (χ0v) is 8.52. The molecule has 2 heterocycles. The number of carbonyl (C=O) groups is 1. The van der Waals surface area contributed by atoms with Gasteiger partial charge >= 0.3 is 0 Å². The van der Waals surface area contributed by atoms with E-state index in [0.717, 1.165) is 18.3 Å². The van der Waals surface area contributed by atoms with Gasteiger partial charge in [0.1, 0.15) is 5.69 Å². The molecule has 4 nitrogen and oxygen atoms in total. The van der Waals surface area contributed by atoms with Crippen molar-refractivity contribution >= 4 is 11.6 Å². The van der Waals surface area contributed by atoms with Crippen molar-refractivity contribution in [2.75, 3.05) is 5.32 Å². The summed E-state index contributed by atoms with van der Waals surface area (Å²) in [5.74, 6) is -1.97. The second-order valence-electron chi connectivity index (χ2n) is 3.17. The van der Waals surface area contributed by atoms with E-state index in [4.69, 9.17) is 0 Å². The van der Waals surface area contributed by atoms with E-state index in [2.05, 4.69) is 15.3 Å². The van der Waals surface area contributed by atoms with Crippen LogP contribution in [-0.2, 0) is 0 Å². The molecule has 0 atom stereocenters. The molecule has 2 aromatic heterocycles. The molecule has 0 unspecified atom stereocenters. The molecule has 6 heteroatoms. The number of hydrogen-bond donors (Lipinski definition) is 1. The second-order valence-corrected chi connectivity index (χ2v) is 3.17. The number of anilines is 1. The molecule has 0 aliphatic rings. The maximum atomic E-state index is 12.8. The Balaban J connectivity index is 2.14. The van der Waals surface area contributed by atoms with Crippen LogP contribution in [0.2, 0.25) is 0 Å². The van der Waals surface area contributed by atoms with Gasteiger partial charge in [-0.1, -0.05) is 6.07 Å². The molecule has 0 spiro atoms. The third kappa shape index (κ3) is 2.81. The number of aromatic nitrogens is 2. The minimum absolute atomic E-state index is 0.0608. The van der Waals surface area contributed by atoms with Gasteiger partial charge in [0.15, 0.2) is 0 Å². The number of hydrogen-bond acceptors (Lipinski definition) is 3. The molecule has 0 aliphatic heterocycles. The fourth-order valence-electron chi connectivity index (χ4n) is 1.18. The van der Waals surface area contributed by atoms with Crippen LogP contribution in [-0.4, -0.2) is 15.9 Å². The van der Waals surface area contributed by atoms with Crippen molar-refractivity contribution in [1.82, 2.24) is 9.97 Å². The molecule has 2 aromatic rings. The molecular weight excluding hydrogens is 228 g/mol. The summed E-state index contributed by atoms with van der Waals surface area (Å²) >= 11 is 0. The number of nitrogens with one attached hydrogen (secondary N) is 1. The zero-order valence-electron chi connectivity index (χ0n) is 8.52. The van der Waals surface area contributed by atoms with Gasteiger partial charge in [-0.15, -0.1) is 0 Å². The molecule has 0 fully saturated rings.